The Kier molecular flexibility index (Phi) is 4.26. The van der Waals surface area contributed by atoms with Crippen LogP contribution in [-0.2, 0) is 6.42 Å². The molecule has 1 aromatic heterocycles. The van der Waals surface area contributed by atoms with Gasteiger partial charge in [0.1, 0.15) is 11.2 Å². The lowest BCUT2D eigenvalue weighted by molar-refractivity contribution is 0.669. The van der Waals surface area contributed by atoms with Crippen molar-refractivity contribution in [2.45, 2.75) is 6.42 Å². The van der Waals surface area contributed by atoms with Crippen LogP contribution in [0.4, 0.5) is 0 Å². The quantitative estimate of drug-likeness (QED) is 0.169. The molecule has 9 aromatic carbocycles. The van der Waals surface area contributed by atoms with Crippen LogP contribution < -0.4 is 0 Å². The first-order chi connectivity index (χ1) is 30.2. The second kappa shape index (κ2) is 11.6. The van der Waals surface area contributed by atoms with Crippen molar-refractivity contribution >= 4 is 54.3 Å². The van der Waals surface area contributed by atoms with E-state index in [0.717, 1.165) is 55.0 Å². The van der Waals surface area contributed by atoms with Crippen molar-refractivity contribution in [3.63, 3.8) is 0 Å². The van der Waals surface area contributed by atoms with Gasteiger partial charge in [0.2, 0.25) is 0 Å². The molecule has 10 aromatic rings. The molecule has 0 saturated carbocycles. The van der Waals surface area contributed by atoms with Crippen molar-refractivity contribution in [2.24, 2.45) is 0 Å². The summed E-state index contributed by atoms with van der Waals surface area (Å²) >= 11 is 0. The van der Waals surface area contributed by atoms with E-state index in [2.05, 4.69) is 36.4 Å². The molecule has 0 fully saturated rings. The number of hydrogen-bond donors (Lipinski definition) is 0. The normalized spacial score (nSPS) is 15.3. The average Bonchev–Trinajstić information content (AvgIpc) is 3.68. The lowest BCUT2D eigenvalue weighted by Gasteiger charge is -2.18. The Morgan fingerprint density at radius 2 is 0.980 bits per heavy atom. The van der Waals surface area contributed by atoms with Crippen molar-refractivity contribution in [3.8, 4) is 33.4 Å². The Balaban J connectivity index is 1.17. The van der Waals surface area contributed by atoms with Crippen LogP contribution in [0.1, 0.15) is 28.9 Å². The first-order valence-corrected chi connectivity index (χ1v) is 16.2. The van der Waals surface area contributed by atoms with Gasteiger partial charge in [-0.15, -0.1) is 0 Å². The van der Waals surface area contributed by atoms with Crippen LogP contribution in [0.3, 0.4) is 0 Å². The Labute approximate surface area is 308 Å². The molecule has 234 valence electrons. The van der Waals surface area contributed by atoms with Gasteiger partial charge in [0, 0.05) is 10.8 Å². The topological polar surface area (TPSA) is 13.1 Å². The van der Waals surface area contributed by atoms with Crippen LogP contribution in [-0.4, -0.2) is 0 Å². The molecule has 0 aliphatic rings. The maximum Gasteiger partial charge on any atom is 0.136 e. The van der Waals surface area contributed by atoms with Gasteiger partial charge in [-0.25, -0.2) is 0 Å². The van der Waals surface area contributed by atoms with E-state index in [1.165, 1.54) is 0 Å². The van der Waals surface area contributed by atoms with Crippen LogP contribution in [0.5, 0.6) is 0 Å². The molecule has 0 bridgehead atoms. The molecule has 1 nitrogen and oxygen atoms in total. The number of benzene rings is 9. The Bertz CT molecular complexity index is 3520. The third-order valence-corrected chi connectivity index (χ3v) is 9.42. The van der Waals surface area contributed by atoms with E-state index in [1.54, 1.807) is 6.07 Å². The van der Waals surface area contributed by atoms with Crippen LogP contribution in [0, 0.1) is 0 Å². The second-order valence-electron chi connectivity index (χ2n) is 12.3. The van der Waals surface area contributed by atoms with Gasteiger partial charge in [-0.2, -0.15) is 0 Å². The zero-order valence-corrected chi connectivity index (χ0v) is 26.4. The molecular weight excluding hydrogens is 605 g/mol. The highest BCUT2D eigenvalue weighted by molar-refractivity contribution is 6.16. The predicted octanol–water partition coefficient (Wildman–Crippen LogP) is 13.6. The second-order valence-corrected chi connectivity index (χ2v) is 12.3. The van der Waals surface area contributed by atoms with E-state index < -0.39 is 85.0 Å². The zero-order valence-electron chi connectivity index (χ0n) is 39.4. The summed E-state index contributed by atoms with van der Waals surface area (Å²) in [6.45, 7) is 0. The molecule has 0 unspecified atom stereocenters. The highest BCUT2D eigenvalue weighted by Gasteiger charge is 2.16. The summed E-state index contributed by atoms with van der Waals surface area (Å²) in [4.78, 5) is 0. The summed E-state index contributed by atoms with van der Waals surface area (Å²) < 4.78 is 120. The number of furan rings is 1. The molecular formula is C49H32O. The molecule has 0 aliphatic heterocycles. The third kappa shape index (κ3) is 4.78. The SMILES string of the molecule is [2H]c1c([2H])c([2H])c(Cc2c3c([2H])c([2H])c([2H])c([2H])c3c(-c3ccc4cc(-c5ccc6oc7cc(-c8ccccc8)ccc7c6c5)ccc4c3)c3c([2H])c([2H])c([2H])c([2H])c23)c([2H])c1[2H]. The van der Waals surface area contributed by atoms with Gasteiger partial charge in [-0.05, 0) is 120 Å². The fourth-order valence-corrected chi connectivity index (χ4v) is 7.06. The lowest BCUT2D eigenvalue weighted by Crippen LogP contribution is -1.95. The number of fused-ring (bicyclic) bond motifs is 6. The maximum atomic E-state index is 9.25. The minimum atomic E-state index is -0.614. The first kappa shape index (κ1) is 18.4. The Hall–Kier alpha value is -6.44. The molecule has 0 N–H and O–H groups in total. The summed E-state index contributed by atoms with van der Waals surface area (Å²) in [6, 6.07) is 26.7. The fraction of sp³-hybridized carbons (Fsp3) is 0.0204. The predicted molar refractivity (Wildman–Crippen MR) is 212 cm³/mol. The summed E-state index contributed by atoms with van der Waals surface area (Å²) in [5.74, 6) is 0. The van der Waals surface area contributed by atoms with Crippen molar-refractivity contribution in [1.82, 2.24) is 0 Å². The molecule has 0 saturated heterocycles. The van der Waals surface area contributed by atoms with Crippen molar-refractivity contribution in [1.29, 1.82) is 0 Å². The van der Waals surface area contributed by atoms with Gasteiger partial charge < -0.3 is 4.42 Å². The molecule has 0 radical (unpaired) electrons. The lowest BCUT2D eigenvalue weighted by atomic mass is 9.86. The van der Waals surface area contributed by atoms with E-state index in [0.29, 0.717) is 5.56 Å². The van der Waals surface area contributed by atoms with Crippen LogP contribution >= 0.6 is 0 Å². The molecule has 0 aliphatic carbocycles. The van der Waals surface area contributed by atoms with Crippen LogP contribution in [0.15, 0.2) is 186 Å². The summed E-state index contributed by atoms with van der Waals surface area (Å²) in [6.07, 6.45) is -0.483. The number of rotatable bonds is 5. The molecule has 10 rings (SSSR count). The number of hydrogen-bond acceptors (Lipinski definition) is 1. The monoisotopic (exact) mass is 649 g/mol. The van der Waals surface area contributed by atoms with E-state index in [4.69, 9.17) is 16.8 Å². The molecule has 0 atom stereocenters. The van der Waals surface area contributed by atoms with Gasteiger partial charge >= 0.3 is 0 Å². The van der Waals surface area contributed by atoms with Crippen LogP contribution in [0.25, 0.3) is 87.6 Å². The summed E-state index contributed by atoms with van der Waals surface area (Å²) in [5.41, 5.74) is 5.98. The molecule has 0 amide bonds. The third-order valence-electron chi connectivity index (χ3n) is 9.42. The summed E-state index contributed by atoms with van der Waals surface area (Å²) in [5, 5.41) is 3.37. The van der Waals surface area contributed by atoms with Crippen molar-refractivity contribution in [3.05, 3.63) is 193 Å². The van der Waals surface area contributed by atoms with Gasteiger partial charge in [0.05, 0.1) is 17.8 Å². The van der Waals surface area contributed by atoms with E-state index in [9.17, 15) is 5.48 Å². The largest absolute Gasteiger partial charge is 0.456 e. The van der Waals surface area contributed by atoms with Gasteiger partial charge in [-0.3, -0.25) is 0 Å². The summed E-state index contributed by atoms with van der Waals surface area (Å²) in [7, 11) is 0. The zero-order chi connectivity index (χ0) is 44.3. The highest BCUT2D eigenvalue weighted by Crippen LogP contribution is 2.41. The van der Waals surface area contributed by atoms with E-state index in [1.807, 2.05) is 60.7 Å². The minimum Gasteiger partial charge on any atom is -0.456 e. The Morgan fingerprint density at radius 1 is 0.400 bits per heavy atom. The van der Waals surface area contributed by atoms with Gasteiger partial charge in [0.25, 0.3) is 0 Å². The van der Waals surface area contributed by atoms with Gasteiger partial charge in [0.15, 0.2) is 0 Å². The highest BCUT2D eigenvalue weighted by atomic mass is 16.3. The van der Waals surface area contributed by atoms with E-state index in [-0.39, 0.29) is 38.2 Å². The molecule has 1 heteroatoms. The molecule has 1 heterocycles. The van der Waals surface area contributed by atoms with E-state index >= 15 is 0 Å². The van der Waals surface area contributed by atoms with Gasteiger partial charge in [-0.1, -0.05) is 145 Å². The maximum absolute atomic E-state index is 9.25. The average molecular weight is 650 g/mol. The standard InChI is InChI=1S/C49H32O/c1-3-11-32(12-4-1)27-45-40-15-7-9-17-43(40)49(44-18-10-8-16-41(44)45)39-22-21-34-28-35(19-20-36(34)29-39)37-24-26-47-46(30-37)42-25-23-38(31-48(42)50-47)33-13-5-2-6-14-33/h1-26,28-31H,27H2/i1D,3D,4D,7D,8D,9D,10D,11D,12D,15D,16D,17D,18D. The molecule has 50 heavy (non-hydrogen) atoms. The Morgan fingerprint density at radius 3 is 1.72 bits per heavy atom. The first-order valence-electron chi connectivity index (χ1n) is 22.7. The smallest absolute Gasteiger partial charge is 0.136 e. The fourth-order valence-electron chi connectivity index (χ4n) is 7.06. The van der Waals surface area contributed by atoms with Crippen molar-refractivity contribution in [2.75, 3.05) is 0 Å². The minimum absolute atomic E-state index is 0.00860. The molecule has 0 spiro atoms. The van der Waals surface area contributed by atoms with Crippen molar-refractivity contribution < 1.29 is 22.2 Å². The van der Waals surface area contributed by atoms with Crippen LogP contribution in [0.2, 0.25) is 0 Å².